The van der Waals surface area contributed by atoms with Gasteiger partial charge in [0.25, 0.3) is 0 Å². The lowest BCUT2D eigenvalue weighted by Gasteiger charge is -2.32. The van der Waals surface area contributed by atoms with Crippen LogP contribution in [0.1, 0.15) is 42.9 Å². The zero-order chi connectivity index (χ0) is 15.4. The molecule has 2 aromatic heterocycles. The van der Waals surface area contributed by atoms with Crippen molar-refractivity contribution in [3.8, 4) is 0 Å². The molecule has 3 heterocycles. The lowest BCUT2D eigenvalue weighted by atomic mass is 10.1. The average Bonchev–Trinajstić information content (AvgIpc) is 3.14. The quantitative estimate of drug-likeness (QED) is 0.869. The first-order valence-electron chi connectivity index (χ1n) is 7.92. The van der Waals surface area contributed by atoms with Gasteiger partial charge in [0.1, 0.15) is 5.76 Å². The van der Waals surface area contributed by atoms with E-state index in [1.165, 1.54) is 12.8 Å². The number of piperidine rings is 1. The Labute approximate surface area is 130 Å². The van der Waals surface area contributed by atoms with Gasteiger partial charge in [0.2, 0.25) is 5.89 Å². The maximum Gasteiger partial charge on any atom is 0.226 e. The van der Waals surface area contributed by atoms with E-state index in [4.69, 9.17) is 9.05 Å². The molecule has 2 aromatic rings. The van der Waals surface area contributed by atoms with E-state index in [1.807, 2.05) is 19.9 Å². The lowest BCUT2D eigenvalue weighted by Crippen LogP contribution is -2.45. The third-order valence-electron chi connectivity index (χ3n) is 3.93. The van der Waals surface area contributed by atoms with Crippen molar-refractivity contribution in [1.29, 1.82) is 0 Å². The molecule has 0 spiro atoms. The normalized spacial score (nSPS) is 19.6. The fourth-order valence-corrected chi connectivity index (χ4v) is 2.81. The molecule has 0 amide bonds. The Bertz CT molecular complexity index is 594. The molecule has 1 N–H and O–H groups in total. The van der Waals surface area contributed by atoms with E-state index in [0.717, 1.165) is 49.9 Å². The fourth-order valence-electron chi connectivity index (χ4n) is 2.81. The highest BCUT2D eigenvalue weighted by Crippen LogP contribution is 2.13. The molecule has 7 heteroatoms. The van der Waals surface area contributed by atoms with Crippen LogP contribution in [0, 0.1) is 6.92 Å². The standard InChI is InChI=1S/C15H23N5O2/c1-3-15-17-14(19-22-15)10-20-6-4-5-12(9-20)16-8-13-7-11(2)21-18-13/h7,12,16H,3-6,8-10H2,1-2H3/t12-/m0/s1. The van der Waals surface area contributed by atoms with Crippen molar-refractivity contribution in [2.75, 3.05) is 13.1 Å². The molecule has 0 radical (unpaired) electrons. The molecule has 0 aromatic carbocycles. The van der Waals surface area contributed by atoms with Crippen molar-refractivity contribution < 1.29 is 9.05 Å². The molecule has 1 fully saturated rings. The summed E-state index contributed by atoms with van der Waals surface area (Å²) in [7, 11) is 0. The first-order valence-corrected chi connectivity index (χ1v) is 7.92. The molecule has 3 rings (SSSR count). The van der Waals surface area contributed by atoms with Gasteiger partial charge in [-0.3, -0.25) is 4.90 Å². The van der Waals surface area contributed by atoms with Gasteiger partial charge in [0, 0.05) is 31.6 Å². The summed E-state index contributed by atoms with van der Waals surface area (Å²) < 4.78 is 10.3. The van der Waals surface area contributed by atoms with E-state index < -0.39 is 0 Å². The first kappa shape index (κ1) is 15.2. The topological polar surface area (TPSA) is 80.2 Å². The highest BCUT2D eigenvalue weighted by atomic mass is 16.5. The van der Waals surface area contributed by atoms with Crippen LogP contribution in [0.4, 0.5) is 0 Å². The predicted molar refractivity (Wildman–Crippen MR) is 80.1 cm³/mol. The number of hydrogen-bond donors (Lipinski definition) is 1. The molecule has 1 atom stereocenters. The zero-order valence-electron chi connectivity index (χ0n) is 13.2. The molecule has 120 valence electrons. The zero-order valence-corrected chi connectivity index (χ0v) is 13.2. The maximum atomic E-state index is 5.17. The highest BCUT2D eigenvalue weighted by molar-refractivity contribution is 5.03. The van der Waals surface area contributed by atoms with Crippen LogP contribution in [0.5, 0.6) is 0 Å². The number of likely N-dealkylation sites (tertiary alicyclic amines) is 1. The summed E-state index contributed by atoms with van der Waals surface area (Å²) >= 11 is 0. The van der Waals surface area contributed by atoms with Crippen LogP contribution < -0.4 is 5.32 Å². The van der Waals surface area contributed by atoms with Gasteiger partial charge in [0.05, 0.1) is 12.2 Å². The molecule has 1 saturated heterocycles. The first-order chi connectivity index (χ1) is 10.7. The summed E-state index contributed by atoms with van der Waals surface area (Å²) in [6, 6.07) is 2.43. The smallest absolute Gasteiger partial charge is 0.226 e. The third kappa shape index (κ3) is 3.92. The van der Waals surface area contributed by atoms with Crippen LogP contribution in [-0.2, 0) is 19.5 Å². The van der Waals surface area contributed by atoms with Crippen molar-refractivity contribution in [3.63, 3.8) is 0 Å². The van der Waals surface area contributed by atoms with Crippen LogP contribution in [0.15, 0.2) is 15.1 Å². The minimum absolute atomic E-state index is 0.461. The predicted octanol–water partition coefficient (Wildman–Crippen LogP) is 1.68. The molecule has 22 heavy (non-hydrogen) atoms. The third-order valence-corrected chi connectivity index (χ3v) is 3.93. The van der Waals surface area contributed by atoms with Crippen LogP contribution in [0.3, 0.4) is 0 Å². The van der Waals surface area contributed by atoms with E-state index in [1.54, 1.807) is 0 Å². The van der Waals surface area contributed by atoms with Gasteiger partial charge in [-0.25, -0.2) is 0 Å². The summed E-state index contributed by atoms with van der Waals surface area (Å²) in [5.41, 5.74) is 0.959. The molecule has 1 aliphatic rings. The van der Waals surface area contributed by atoms with Crippen molar-refractivity contribution in [3.05, 3.63) is 29.2 Å². The summed E-state index contributed by atoms with van der Waals surface area (Å²) in [5.74, 6) is 2.35. The second-order valence-corrected chi connectivity index (χ2v) is 5.84. The fraction of sp³-hybridized carbons (Fsp3) is 0.667. The second kappa shape index (κ2) is 7.02. The van der Waals surface area contributed by atoms with Gasteiger partial charge >= 0.3 is 0 Å². The Balaban J connectivity index is 1.48. The number of aromatic nitrogens is 3. The van der Waals surface area contributed by atoms with Crippen LogP contribution in [-0.4, -0.2) is 39.3 Å². The largest absolute Gasteiger partial charge is 0.361 e. The molecular weight excluding hydrogens is 282 g/mol. The summed E-state index contributed by atoms with van der Waals surface area (Å²) in [5, 5.41) is 11.6. The highest BCUT2D eigenvalue weighted by Gasteiger charge is 2.21. The van der Waals surface area contributed by atoms with Crippen LogP contribution >= 0.6 is 0 Å². The minimum atomic E-state index is 0.461. The van der Waals surface area contributed by atoms with E-state index in [-0.39, 0.29) is 0 Å². The number of rotatable bonds is 6. The van der Waals surface area contributed by atoms with Gasteiger partial charge in [-0.2, -0.15) is 4.98 Å². The Hall–Kier alpha value is -1.73. The Morgan fingerprint density at radius 3 is 3.00 bits per heavy atom. The number of hydrogen-bond acceptors (Lipinski definition) is 7. The Morgan fingerprint density at radius 1 is 1.36 bits per heavy atom. The molecule has 7 nitrogen and oxygen atoms in total. The van der Waals surface area contributed by atoms with Crippen molar-refractivity contribution in [1.82, 2.24) is 25.5 Å². The lowest BCUT2D eigenvalue weighted by molar-refractivity contribution is 0.176. The molecular formula is C15H23N5O2. The molecule has 1 aliphatic heterocycles. The van der Waals surface area contributed by atoms with Crippen molar-refractivity contribution >= 4 is 0 Å². The number of nitrogens with zero attached hydrogens (tertiary/aromatic N) is 4. The summed E-state index contributed by atoms with van der Waals surface area (Å²) in [4.78, 5) is 6.76. The van der Waals surface area contributed by atoms with Gasteiger partial charge in [0.15, 0.2) is 5.82 Å². The van der Waals surface area contributed by atoms with E-state index in [2.05, 4.69) is 25.5 Å². The van der Waals surface area contributed by atoms with E-state index >= 15 is 0 Å². The molecule has 0 saturated carbocycles. The Morgan fingerprint density at radius 2 is 2.27 bits per heavy atom. The minimum Gasteiger partial charge on any atom is -0.361 e. The van der Waals surface area contributed by atoms with Crippen molar-refractivity contribution in [2.24, 2.45) is 0 Å². The van der Waals surface area contributed by atoms with Gasteiger partial charge in [-0.05, 0) is 26.3 Å². The van der Waals surface area contributed by atoms with Crippen molar-refractivity contribution in [2.45, 2.75) is 52.2 Å². The molecule has 0 aliphatic carbocycles. The SMILES string of the molecule is CCc1nc(CN2CCC[C@H](NCc3cc(C)on3)C2)no1. The van der Waals surface area contributed by atoms with Crippen LogP contribution in [0.2, 0.25) is 0 Å². The van der Waals surface area contributed by atoms with Gasteiger partial charge in [-0.15, -0.1) is 0 Å². The van der Waals surface area contributed by atoms with Gasteiger partial charge in [-0.1, -0.05) is 17.2 Å². The molecule has 0 unspecified atom stereocenters. The number of aryl methyl sites for hydroxylation is 2. The monoisotopic (exact) mass is 305 g/mol. The Kier molecular flexibility index (Phi) is 4.84. The summed E-state index contributed by atoms with van der Waals surface area (Å²) in [6.45, 7) is 7.50. The number of nitrogens with one attached hydrogen (secondary N) is 1. The summed E-state index contributed by atoms with van der Waals surface area (Å²) in [6.07, 6.45) is 3.14. The maximum absolute atomic E-state index is 5.17. The average molecular weight is 305 g/mol. The second-order valence-electron chi connectivity index (χ2n) is 5.84. The van der Waals surface area contributed by atoms with Gasteiger partial charge < -0.3 is 14.4 Å². The molecule has 0 bridgehead atoms. The van der Waals surface area contributed by atoms with E-state index in [9.17, 15) is 0 Å². The van der Waals surface area contributed by atoms with E-state index in [0.29, 0.717) is 11.9 Å². The van der Waals surface area contributed by atoms with Crippen LogP contribution in [0.25, 0.3) is 0 Å².